The second-order valence-corrected chi connectivity index (χ2v) is 2.54. The topological polar surface area (TPSA) is 30.5 Å². The molecule has 1 N–H and O–H groups in total. The van der Waals surface area contributed by atoms with Crippen molar-refractivity contribution in [3.63, 3.8) is 0 Å². The first kappa shape index (κ1) is 11.6. The number of nitrogens with one attached hydrogen (secondary N) is 1. The lowest BCUT2D eigenvalue weighted by Gasteiger charge is -2.12. The largest absolute Gasteiger partial charge is 0.356 e. The predicted octanol–water partition coefficient (Wildman–Crippen LogP) is 1.16. The van der Waals surface area contributed by atoms with Gasteiger partial charge in [-0.15, -0.1) is 6.58 Å². The summed E-state index contributed by atoms with van der Waals surface area (Å²) in [5, 5.41) is 3.21. The number of ether oxygens (including phenoxy) is 2. The van der Waals surface area contributed by atoms with Gasteiger partial charge in [-0.1, -0.05) is 6.08 Å². The fourth-order valence-electron chi connectivity index (χ4n) is 0.930. The first-order valence-electron chi connectivity index (χ1n) is 4.22. The molecule has 0 spiro atoms. The van der Waals surface area contributed by atoms with Gasteiger partial charge in [0.25, 0.3) is 0 Å². The first-order valence-corrected chi connectivity index (χ1v) is 4.22. The van der Waals surface area contributed by atoms with Crippen molar-refractivity contribution in [1.82, 2.24) is 5.32 Å². The Bertz CT molecular complexity index is 103. The molecule has 0 radical (unpaired) electrons. The highest BCUT2D eigenvalue weighted by atomic mass is 16.7. The zero-order chi connectivity index (χ0) is 9.23. The molecular weight excluding hydrogens is 154 g/mol. The highest BCUT2D eigenvalue weighted by Crippen LogP contribution is 2.00. The summed E-state index contributed by atoms with van der Waals surface area (Å²) in [6.45, 7) is 5.46. The Hall–Kier alpha value is -0.380. The molecule has 12 heavy (non-hydrogen) atoms. The standard InChI is InChI=1S/C9H19NO2/c1-4-7-10-8-5-6-9(11-2)12-3/h4,9-10H,1,5-8H2,2-3H3. The first-order chi connectivity index (χ1) is 5.85. The molecule has 0 aromatic rings. The Labute approximate surface area is 74.7 Å². The van der Waals surface area contributed by atoms with Gasteiger partial charge in [0.1, 0.15) is 0 Å². The molecule has 0 atom stereocenters. The van der Waals surface area contributed by atoms with Crippen molar-refractivity contribution >= 4 is 0 Å². The summed E-state index contributed by atoms with van der Waals surface area (Å²) in [6, 6.07) is 0. The molecule has 0 fully saturated rings. The predicted molar refractivity (Wildman–Crippen MR) is 50.1 cm³/mol. The summed E-state index contributed by atoms with van der Waals surface area (Å²) in [5.74, 6) is 0. The van der Waals surface area contributed by atoms with Crippen LogP contribution in [0.15, 0.2) is 12.7 Å². The van der Waals surface area contributed by atoms with Crippen molar-refractivity contribution in [3.8, 4) is 0 Å². The van der Waals surface area contributed by atoms with Crippen LogP contribution in [0.5, 0.6) is 0 Å². The van der Waals surface area contributed by atoms with Crippen LogP contribution >= 0.6 is 0 Å². The summed E-state index contributed by atoms with van der Waals surface area (Å²) < 4.78 is 10.1. The smallest absolute Gasteiger partial charge is 0.156 e. The maximum atomic E-state index is 5.04. The van der Waals surface area contributed by atoms with Gasteiger partial charge >= 0.3 is 0 Å². The highest BCUT2D eigenvalue weighted by Gasteiger charge is 2.02. The Kier molecular flexibility index (Phi) is 8.44. The molecular formula is C9H19NO2. The third-order valence-corrected chi connectivity index (χ3v) is 1.61. The van der Waals surface area contributed by atoms with Crippen molar-refractivity contribution in [2.75, 3.05) is 27.3 Å². The van der Waals surface area contributed by atoms with E-state index in [1.54, 1.807) is 14.2 Å². The zero-order valence-electron chi connectivity index (χ0n) is 8.01. The third kappa shape index (κ3) is 6.34. The second kappa shape index (κ2) is 8.71. The lowest BCUT2D eigenvalue weighted by molar-refractivity contribution is -0.106. The fourth-order valence-corrected chi connectivity index (χ4v) is 0.930. The van der Waals surface area contributed by atoms with Crippen LogP contribution in [0.25, 0.3) is 0 Å². The van der Waals surface area contributed by atoms with Crippen molar-refractivity contribution in [3.05, 3.63) is 12.7 Å². The third-order valence-electron chi connectivity index (χ3n) is 1.61. The van der Waals surface area contributed by atoms with Crippen LogP contribution < -0.4 is 5.32 Å². The van der Waals surface area contributed by atoms with E-state index in [1.165, 1.54) is 0 Å². The van der Waals surface area contributed by atoms with Gasteiger partial charge in [-0.3, -0.25) is 0 Å². The fraction of sp³-hybridized carbons (Fsp3) is 0.778. The van der Waals surface area contributed by atoms with Crippen LogP contribution in [0.1, 0.15) is 12.8 Å². The van der Waals surface area contributed by atoms with Gasteiger partial charge in [0.2, 0.25) is 0 Å². The molecule has 0 aromatic carbocycles. The van der Waals surface area contributed by atoms with Crippen molar-refractivity contribution in [2.24, 2.45) is 0 Å². The highest BCUT2D eigenvalue weighted by molar-refractivity contribution is 4.69. The van der Waals surface area contributed by atoms with E-state index in [9.17, 15) is 0 Å². The molecule has 0 aromatic heterocycles. The molecule has 0 bridgehead atoms. The van der Waals surface area contributed by atoms with Gasteiger partial charge in [0.15, 0.2) is 6.29 Å². The van der Waals surface area contributed by atoms with Crippen molar-refractivity contribution in [1.29, 1.82) is 0 Å². The minimum atomic E-state index is -0.0597. The minimum absolute atomic E-state index is 0.0597. The van der Waals surface area contributed by atoms with E-state index >= 15 is 0 Å². The molecule has 0 rings (SSSR count). The van der Waals surface area contributed by atoms with Crippen LogP contribution in [0.2, 0.25) is 0 Å². The van der Waals surface area contributed by atoms with E-state index in [0.717, 1.165) is 25.9 Å². The SMILES string of the molecule is C=CCNCCCC(OC)OC. The molecule has 0 amide bonds. The van der Waals surface area contributed by atoms with E-state index in [1.807, 2.05) is 6.08 Å². The molecule has 0 saturated carbocycles. The number of methoxy groups -OCH3 is 2. The Balaban J connectivity index is 3.11. The summed E-state index contributed by atoms with van der Waals surface area (Å²) >= 11 is 0. The van der Waals surface area contributed by atoms with Gasteiger partial charge in [0, 0.05) is 20.8 Å². The maximum Gasteiger partial charge on any atom is 0.156 e. The van der Waals surface area contributed by atoms with E-state index in [4.69, 9.17) is 9.47 Å². The molecule has 0 saturated heterocycles. The average molecular weight is 173 g/mol. The quantitative estimate of drug-likeness (QED) is 0.339. The van der Waals surface area contributed by atoms with Gasteiger partial charge in [-0.25, -0.2) is 0 Å². The van der Waals surface area contributed by atoms with Crippen LogP contribution in [0.4, 0.5) is 0 Å². The van der Waals surface area contributed by atoms with Crippen LogP contribution in [-0.2, 0) is 9.47 Å². The van der Waals surface area contributed by atoms with Gasteiger partial charge in [0.05, 0.1) is 0 Å². The van der Waals surface area contributed by atoms with E-state index in [-0.39, 0.29) is 6.29 Å². The Morgan fingerprint density at radius 1 is 1.42 bits per heavy atom. The maximum absolute atomic E-state index is 5.04. The second-order valence-electron chi connectivity index (χ2n) is 2.54. The molecule has 0 aliphatic heterocycles. The molecule has 0 aliphatic rings. The van der Waals surface area contributed by atoms with Crippen molar-refractivity contribution in [2.45, 2.75) is 19.1 Å². The van der Waals surface area contributed by atoms with Gasteiger partial charge in [-0.05, 0) is 19.4 Å². The molecule has 3 nitrogen and oxygen atoms in total. The average Bonchev–Trinajstić information content (AvgIpc) is 2.11. The summed E-state index contributed by atoms with van der Waals surface area (Å²) in [6.07, 6.45) is 3.78. The van der Waals surface area contributed by atoms with Crippen LogP contribution in [-0.4, -0.2) is 33.6 Å². The number of hydrogen-bond donors (Lipinski definition) is 1. The Morgan fingerprint density at radius 3 is 2.58 bits per heavy atom. The lowest BCUT2D eigenvalue weighted by Crippen LogP contribution is -2.19. The van der Waals surface area contributed by atoms with E-state index in [0.29, 0.717) is 0 Å². The zero-order valence-corrected chi connectivity index (χ0v) is 8.01. The monoisotopic (exact) mass is 173 g/mol. The van der Waals surface area contributed by atoms with Crippen molar-refractivity contribution < 1.29 is 9.47 Å². The molecule has 72 valence electrons. The van der Waals surface area contributed by atoms with Gasteiger partial charge < -0.3 is 14.8 Å². The normalized spacial score (nSPS) is 10.6. The van der Waals surface area contributed by atoms with Crippen LogP contribution in [0, 0.1) is 0 Å². The number of rotatable bonds is 8. The summed E-state index contributed by atoms with van der Waals surface area (Å²) in [7, 11) is 3.32. The van der Waals surface area contributed by atoms with Gasteiger partial charge in [-0.2, -0.15) is 0 Å². The molecule has 3 heteroatoms. The molecule has 0 aliphatic carbocycles. The summed E-state index contributed by atoms with van der Waals surface area (Å²) in [4.78, 5) is 0. The minimum Gasteiger partial charge on any atom is -0.356 e. The van der Waals surface area contributed by atoms with Crippen LogP contribution in [0.3, 0.4) is 0 Å². The number of hydrogen-bond acceptors (Lipinski definition) is 3. The van der Waals surface area contributed by atoms with E-state index in [2.05, 4.69) is 11.9 Å². The molecule has 0 heterocycles. The lowest BCUT2D eigenvalue weighted by atomic mass is 10.3. The van der Waals surface area contributed by atoms with E-state index < -0.39 is 0 Å². The molecule has 0 unspecified atom stereocenters. The summed E-state index contributed by atoms with van der Waals surface area (Å²) in [5.41, 5.74) is 0. The Morgan fingerprint density at radius 2 is 2.08 bits per heavy atom.